The van der Waals surface area contributed by atoms with Gasteiger partial charge in [0.2, 0.25) is 0 Å². The largest absolute Gasteiger partial charge is 0.103 e. The Balaban J connectivity index is 3.05. The van der Waals surface area contributed by atoms with Crippen LogP contribution < -0.4 is 0 Å². The second-order valence-corrected chi connectivity index (χ2v) is 4.54. The van der Waals surface area contributed by atoms with Gasteiger partial charge in [0.25, 0.3) is 0 Å². The first kappa shape index (κ1) is 11.3. The Kier molecular flexibility index (Phi) is 3.70. The van der Waals surface area contributed by atoms with Crippen LogP contribution in [0.15, 0.2) is 54.0 Å². The highest BCUT2D eigenvalue weighted by atomic mass is 79.9. The first-order valence-electron chi connectivity index (χ1n) is 4.63. The quantitative estimate of drug-likeness (QED) is 0.692. The smallest absolute Gasteiger partial charge is 0.0175 e. The minimum Gasteiger partial charge on any atom is -0.103 e. The average molecular weight is 251 g/mol. The van der Waals surface area contributed by atoms with Crippen LogP contribution in [0.2, 0.25) is 0 Å². The van der Waals surface area contributed by atoms with E-state index < -0.39 is 0 Å². The van der Waals surface area contributed by atoms with Crippen LogP contribution in [0, 0.1) is 0 Å². The van der Waals surface area contributed by atoms with Crippen LogP contribution in [0.4, 0.5) is 0 Å². The highest BCUT2D eigenvalue weighted by molar-refractivity contribution is 9.10. The van der Waals surface area contributed by atoms with E-state index in [9.17, 15) is 0 Å². The van der Waals surface area contributed by atoms with Crippen molar-refractivity contribution < 1.29 is 0 Å². The Morgan fingerprint density at radius 1 is 1.29 bits per heavy atom. The Bertz CT molecular complexity index is 324. The topological polar surface area (TPSA) is 0 Å². The lowest BCUT2D eigenvalue weighted by atomic mass is 9.80. The summed E-state index contributed by atoms with van der Waals surface area (Å²) in [5, 5.41) is 0. The van der Waals surface area contributed by atoms with E-state index in [4.69, 9.17) is 0 Å². The molecule has 0 bridgehead atoms. The number of hydrogen-bond donors (Lipinski definition) is 0. The van der Waals surface area contributed by atoms with Gasteiger partial charge in [-0.3, -0.25) is 0 Å². The summed E-state index contributed by atoms with van der Waals surface area (Å²) in [7, 11) is 0. The van der Waals surface area contributed by atoms with Crippen LogP contribution in [0.1, 0.15) is 18.9 Å². The molecule has 74 valence electrons. The van der Waals surface area contributed by atoms with E-state index in [2.05, 4.69) is 60.3 Å². The summed E-state index contributed by atoms with van der Waals surface area (Å²) < 4.78 is 1.10. The molecule has 0 saturated carbocycles. The number of rotatable bonds is 4. The molecule has 0 N–H and O–H groups in total. The van der Waals surface area contributed by atoms with E-state index in [1.54, 1.807) is 0 Å². The second-order valence-electron chi connectivity index (χ2n) is 3.62. The van der Waals surface area contributed by atoms with Gasteiger partial charge in [0.05, 0.1) is 0 Å². The molecule has 0 aliphatic carbocycles. The first-order chi connectivity index (χ1) is 6.62. The zero-order chi connectivity index (χ0) is 10.6. The summed E-state index contributed by atoms with van der Waals surface area (Å²) in [5.41, 5.74) is 1.28. The average Bonchev–Trinajstić information content (AvgIpc) is 2.19. The van der Waals surface area contributed by atoms with Gasteiger partial charge in [0.1, 0.15) is 0 Å². The predicted octanol–water partition coefficient (Wildman–Crippen LogP) is 4.47. The summed E-state index contributed by atoms with van der Waals surface area (Å²) in [5.74, 6) is 0. The van der Waals surface area contributed by atoms with Crippen molar-refractivity contribution in [3.8, 4) is 0 Å². The Morgan fingerprint density at radius 3 is 2.29 bits per heavy atom. The molecule has 1 heteroatoms. The molecular formula is C13H15Br. The maximum Gasteiger partial charge on any atom is 0.0175 e. The third kappa shape index (κ3) is 2.36. The van der Waals surface area contributed by atoms with Crippen molar-refractivity contribution in [1.29, 1.82) is 0 Å². The maximum absolute atomic E-state index is 3.89. The van der Waals surface area contributed by atoms with Gasteiger partial charge in [-0.05, 0) is 24.1 Å². The number of hydrogen-bond acceptors (Lipinski definition) is 0. The van der Waals surface area contributed by atoms with E-state index in [1.807, 2.05) is 12.2 Å². The number of benzene rings is 1. The summed E-state index contributed by atoms with van der Waals surface area (Å²) in [6, 6.07) is 8.35. The van der Waals surface area contributed by atoms with Gasteiger partial charge in [-0.1, -0.05) is 47.1 Å². The molecule has 0 heterocycles. The molecule has 0 aliphatic heterocycles. The third-order valence-electron chi connectivity index (χ3n) is 2.52. The molecule has 1 atom stereocenters. The highest BCUT2D eigenvalue weighted by Gasteiger charge is 2.20. The van der Waals surface area contributed by atoms with Crippen molar-refractivity contribution in [3.63, 3.8) is 0 Å². The van der Waals surface area contributed by atoms with Gasteiger partial charge < -0.3 is 0 Å². The Labute approximate surface area is 94.5 Å². The number of allylic oxidation sites excluding steroid dienone is 2. The molecule has 1 aromatic carbocycles. The van der Waals surface area contributed by atoms with E-state index in [1.165, 1.54) is 5.56 Å². The molecule has 0 fully saturated rings. The van der Waals surface area contributed by atoms with Crippen molar-refractivity contribution >= 4 is 15.9 Å². The first-order valence-corrected chi connectivity index (χ1v) is 5.42. The van der Waals surface area contributed by atoms with Gasteiger partial charge in [-0.15, -0.1) is 13.2 Å². The van der Waals surface area contributed by atoms with Crippen LogP contribution in [0.3, 0.4) is 0 Å². The Morgan fingerprint density at radius 2 is 1.86 bits per heavy atom. The summed E-state index contributed by atoms with van der Waals surface area (Å²) in [6.07, 6.45) is 4.83. The van der Waals surface area contributed by atoms with Crippen LogP contribution in [-0.2, 0) is 5.41 Å². The van der Waals surface area contributed by atoms with E-state index in [0.29, 0.717) is 0 Å². The second kappa shape index (κ2) is 4.61. The van der Waals surface area contributed by atoms with Crippen molar-refractivity contribution in [2.75, 3.05) is 0 Å². The lowest BCUT2D eigenvalue weighted by molar-refractivity contribution is 0.607. The summed E-state index contributed by atoms with van der Waals surface area (Å²) in [4.78, 5) is 0. The monoisotopic (exact) mass is 250 g/mol. The third-order valence-corrected chi connectivity index (χ3v) is 3.05. The Hall–Kier alpha value is -0.820. The summed E-state index contributed by atoms with van der Waals surface area (Å²) >= 11 is 3.43. The molecule has 14 heavy (non-hydrogen) atoms. The fourth-order valence-electron chi connectivity index (χ4n) is 1.45. The number of halogens is 1. The molecule has 0 spiro atoms. The van der Waals surface area contributed by atoms with Crippen LogP contribution in [0.5, 0.6) is 0 Å². The van der Waals surface area contributed by atoms with Crippen LogP contribution in [-0.4, -0.2) is 0 Å². The molecular weight excluding hydrogens is 236 g/mol. The molecule has 0 aliphatic rings. The minimum absolute atomic E-state index is 0.00243. The van der Waals surface area contributed by atoms with E-state index >= 15 is 0 Å². The van der Waals surface area contributed by atoms with Crippen molar-refractivity contribution in [2.24, 2.45) is 0 Å². The lowest BCUT2D eigenvalue weighted by Crippen LogP contribution is -2.17. The fourth-order valence-corrected chi connectivity index (χ4v) is 1.71. The van der Waals surface area contributed by atoms with Crippen molar-refractivity contribution in [3.05, 3.63) is 59.6 Å². The van der Waals surface area contributed by atoms with Gasteiger partial charge in [-0.2, -0.15) is 0 Å². The molecule has 0 nitrogen and oxygen atoms in total. The van der Waals surface area contributed by atoms with Gasteiger partial charge >= 0.3 is 0 Å². The minimum atomic E-state index is 0.00243. The van der Waals surface area contributed by atoms with E-state index in [-0.39, 0.29) is 5.41 Å². The normalized spacial score (nSPS) is 14.4. The summed E-state index contributed by atoms with van der Waals surface area (Å²) in [6.45, 7) is 9.84. The van der Waals surface area contributed by atoms with Crippen LogP contribution in [0.25, 0.3) is 0 Å². The SMILES string of the molecule is C=CC[C@@](C)(C=C)c1ccc(Br)cc1. The van der Waals surface area contributed by atoms with Crippen molar-refractivity contribution in [2.45, 2.75) is 18.8 Å². The molecule has 0 unspecified atom stereocenters. The molecule has 0 aromatic heterocycles. The zero-order valence-electron chi connectivity index (χ0n) is 8.46. The lowest BCUT2D eigenvalue weighted by Gasteiger charge is -2.24. The van der Waals surface area contributed by atoms with Gasteiger partial charge in [0, 0.05) is 9.89 Å². The van der Waals surface area contributed by atoms with Crippen LogP contribution >= 0.6 is 15.9 Å². The molecule has 0 saturated heterocycles. The van der Waals surface area contributed by atoms with E-state index in [0.717, 1.165) is 10.9 Å². The standard InChI is InChI=1S/C13H15Br/c1-4-10-13(3,5-2)11-6-8-12(14)9-7-11/h4-9H,1-2,10H2,3H3/t13-/m1/s1. The van der Waals surface area contributed by atoms with Gasteiger partial charge in [0.15, 0.2) is 0 Å². The van der Waals surface area contributed by atoms with Crippen molar-refractivity contribution in [1.82, 2.24) is 0 Å². The molecule has 1 rings (SSSR count). The molecule has 0 radical (unpaired) electrons. The predicted molar refractivity (Wildman–Crippen MR) is 66.5 cm³/mol. The highest BCUT2D eigenvalue weighted by Crippen LogP contribution is 2.29. The molecule has 0 amide bonds. The maximum atomic E-state index is 3.89. The molecule has 1 aromatic rings. The van der Waals surface area contributed by atoms with Gasteiger partial charge in [-0.25, -0.2) is 0 Å². The zero-order valence-corrected chi connectivity index (χ0v) is 10.0. The fraction of sp³-hybridized carbons (Fsp3) is 0.231.